The first-order valence-electron chi connectivity index (χ1n) is 7.56. The quantitative estimate of drug-likeness (QED) is 0.840. The zero-order valence-corrected chi connectivity index (χ0v) is 14.0. The lowest BCUT2D eigenvalue weighted by Crippen LogP contribution is -2.55. The summed E-state index contributed by atoms with van der Waals surface area (Å²) in [6.45, 7) is 9.73. The van der Waals surface area contributed by atoms with Crippen LogP contribution in [-0.4, -0.2) is 54.4 Å². The van der Waals surface area contributed by atoms with Gasteiger partial charge in [-0.2, -0.15) is 4.98 Å². The second kappa shape index (κ2) is 6.42. The number of methoxy groups -OCH3 is 1. The average Bonchev–Trinajstić information content (AvgIpc) is 2.45. The number of carbonyl (C=O) groups excluding carboxylic acids is 1. The number of piperazine rings is 1. The minimum atomic E-state index is -0.470. The highest BCUT2D eigenvalue weighted by molar-refractivity contribution is 5.69. The van der Waals surface area contributed by atoms with Crippen molar-refractivity contribution in [2.24, 2.45) is 0 Å². The van der Waals surface area contributed by atoms with Crippen molar-refractivity contribution in [2.75, 3.05) is 31.6 Å². The molecule has 1 aromatic rings. The fourth-order valence-electron chi connectivity index (χ4n) is 2.45. The molecule has 1 unspecified atom stereocenters. The molecule has 1 aliphatic rings. The minimum absolute atomic E-state index is 0.0663. The van der Waals surface area contributed by atoms with E-state index in [1.54, 1.807) is 12.0 Å². The Morgan fingerprint density at radius 1 is 1.32 bits per heavy atom. The van der Waals surface area contributed by atoms with E-state index in [-0.39, 0.29) is 12.1 Å². The third-order valence-corrected chi connectivity index (χ3v) is 3.50. The molecule has 0 N–H and O–H groups in total. The predicted molar refractivity (Wildman–Crippen MR) is 85.4 cm³/mol. The number of anilines is 1. The van der Waals surface area contributed by atoms with Gasteiger partial charge in [0.1, 0.15) is 11.4 Å². The van der Waals surface area contributed by atoms with Crippen LogP contribution in [0.2, 0.25) is 0 Å². The van der Waals surface area contributed by atoms with Crippen LogP contribution >= 0.6 is 0 Å². The lowest BCUT2D eigenvalue weighted by molar-refractivity contribution is 0.0158. The number of aromatic nitrogens is 1. The van der Waals surface area contributed by atoms with Crippen molar-refractivity contribution in [2.45, 2.75) is 39.3 Å². The van der Waals surface area contributed by atoms with Crippen LogP contribution in [0.5, 0.6) is 5.88 Å². The van der Waals surface area contributed by atoms with Gasteiger partial charge in [0.05, 0.1) is 7.11 Å². The van der Waals surface area contributed by atoms with Gasteiger partial charge in [0.25, 0.3) is 0 Å². The van der Waals surface area contributed by atoms with Crippen LogP contribution in [0, 0.1) is 0 Å². The number of ether oxygens (including phenoxy) is 2. The van der Waals surface area contributed by atoms with Crippen molar-refractivity contribution in [3.63, 3.8) is 0 Å². The highest BCUT2D eigenvalue weighted by atomic mass is 16.6. The van der Waals surface area contributed by atoms with Gasteiger partial charge >= 0.3 is 6.09 Å². The first-order chi connectivity index (χ1) is 10.3. The number of pyridine rings is 1. The van der Waals surface area contributed by atoms with Gasteiger partial charge in [0, 0.05) is 31.7 Å². The van der Waals surface area contributed by atoms with E-state index in [1.807, 2.05) is 45.9 Å². The van der Waals surface area contributed by atoms with Crippen LogP contribution in [0.4, 0.5) is 10.6 Å². The van der Waals surface area contributed by atoms with Crippen LogP contribution in [0.15, 0.2) is 18.2 Å². The molecule has 0 bridgehead atoms. The zero-order valence-electron chi connectivity index (χ0n) is 14.0. The molecular formula is C16H25N3O3. The number of carbonyl (C=O) groups is 1. The molecule has 0 saturated carbocycles. The number of amides is 1. The molecule has 1 saturated heterocycles. The maximum atomic E-state index is 12.2. The molecule has 2 rings (SSSR count). The summed E-state index contributed by atoms with van der Waals surface area (Å²) < 4.78 is 10.6. The number of hydrogen-bond donors (Lipinski definition) is 0. The molecule has 0 spiro atoms. The summed E-state index contributed by atoms with van der Waals surface area (Å²) in [6.07, 6.45) is -0.252. The fraction of sp³-hybridized carbons (Fsp3) is 0.625. The maximum absolute atomic E-state index is 12.2. The van der Waals surface area contributed by atoms with Gasteiger partial charge in [-0.15, -0.1) is 0 Å². The summed E-state index contributed by atoms with van der Waals surface area (Å²) >= 11 is 0. The lowest BCUT2D eigenvalue weighted by atomic mass is 10.2. The van der Waals surface area contributed by atoms with E-state index in [1.165, 1.54) is 0 Å². The molecule has 1 aromatic heterocycles. The van der Waals surface area contributed by atoms with Gasteiger partial charge in [0.2, 0.25) is 5.88 Å². The Labute approximate surface area is 132 Å². The molecule has 1 amide bonds. The Hall–Kier alpha value is -1.98. The molecule has 6 heteroatoms. The second-order valence-electron chi connectivity index (χ2n) is 6.51. The largest absolute Gasteiger partial charge is 0.481 e. The van der Waals surface area contributed by atoms with E-state index < -0.39 is 5.60 Å². The van der Waals surface area contributed by atoms with E-state index in [0.29, 0.717) is 12.4 Å². The van der Waals surface area contributed by atoms with E-state index in [2.05, 4.69) is 9.88 Å². The van der Waals surface area contributed by atoms with Crippen molar-refractivity contribution in [3.05, 3.63) is 18.2 Å². The van der Waals surface area contributed by atoms with E-state index in [4.69, 9.17) is 9.47 Å². The molecule has 6 nitrogen and oxygen atoms in total. The van der Waals surface area contributed by atoms with Crippen LogP contribution in [0.3, 0.4) is 0 Å². The minimum Gasteiger partial charge on any atom is -0.481 e. The molecule has 1 aliphatic heterocycles. The van der Waals surface area contributed by atoms with E-state index in [9.17, 15) is 4.79 Å². The van der Waals surface area contributed by atoms with E-state index >= 15 is 0 Å². The third-order valence-electron chi connectivity index (χ3n) is 3.50. The second-order valence-corrected chi connectivity index (χ2v) is 6.51. The smallest absolute Gasteiger partial charge is 0.410 e. The summed E-state index contributed by atoms with van der Waals surface area (Å²) in [5, 5.41) is 0. The summed E-state index contributed by atoms with van der Waals surface area (Å²) in [7, 11) is 1.61. The molecule has 2 heterocycles. The van der Waals surface area contributed by atoms with Crippen molar-refractivity contribution in [1.82, 2.24) is 9.88 Å². The Morgan fingerprint density at radius 2 is 2.05 bits per heavy atom. The SMILES string of the molecule is COc1cccc(N2CCN(C(=O)OC(C)(C)C)C(C)C2)n1. The molecule has 1 fully saturated rings. The predicted octanol–water partition coefficient (Wildman–Crippen LogP) is 2.54. The summed E-state index contributed by atoms with van der Waals surface area (Å²) in [5.41, 5.74) is -0.470. The van der Waals surface area contributed by atoms with Gasteiger partial charge in [-0.1, -0.05) is 6.07 Å². The van der Waals surface area contributed by atoms with Crippen molar-refractivity contribution in [3.8, 4) is 5.88 Å². The van der Waals surface area contributed by atoms with Gasteiger partial charge in [-0.3, -0.25) is 0 Å². The molecule has 122 valence electrons. The molecular weight excluding hydrogens is 282 g/mol. The fourth-order valence-corrected chi connectivity index (χ4v) is 2.45. The molecule has 0 aliphatic carbocycles. The highest BCUT2D eigenvalue weighted by Gasteiger charge is 2.31. The monoisotopic (exact) mass is 307 g/mol. The summed E-state index contributed by atoms with van der Waals surface area (Å²) in [4.78, 5) is 20.6. The van der Waals surface area contributed by atoms with Crippen molar-refractivity contribution in [1.29, 1.82) is 0 Å². The molecule has 1 atom stereocenters. The lowest BCUT2D eigenvalue weighted by Gasteiger charge is -2.40. The maximum Gasteiger partial charge on any atom is 0.410 e. The average molecular weight is 307 g/mol. The van der Waals surface area contributed by atoms with Crippen LogP contribution < -0.4 is 9.64 Å². The number of rotatable bonds is 2. The van der Waals surface area contributed by atoms with Crippen LogP contribution in [0.25, 0.3) is 0 Å². The zero-order chi connectivity index (χ0) is 16.3. The third kappa shape index (κ3) is 4.02. The van der Waals surface area contributed by atoms with Crippen LogP contribution in [-0.2, 0) is 4.74 Å². The highest BCUT2D eigenvalue weighted by Crippen LogP contribution is 2.21. The van der Waals surface area contributed by atoms with Crippen molar-refractivity contribution < 1.29 is 14.3 Å². The standard InChI is InChI=1S/C16H25N3O3/c1-12-11-18(13-7-6-8-14(17-13)21-5)9-10-19(12)15(20)22-16(2,3)4/h6-8,12H,9-11H2,1-5H3. The Balaban J connectivity index is 2.01. The van der Waals surface area contributed by atoms with Crippen LogP contribution in [0.1, 0.15) is 27.7 Å². The topological polar surface area (TPSA) is 54.9 Å². The first-order valence-corrected chi connectivity index (χ1v) is 7.56. The van der Waals surface area contributed by atoms with E-state index in [0.717, 1.165) is 18.9 Å². The Morgan fingerprint density at radius 3 is 2.64 bits per heavy atom. The summed E-state index contributed by atoms with van der Waals surface area (Å²) in [5.74, 6) is 1.47. The Kier molecular flexibility index (Phi) is 4.78. The van der Waals surface area contributed by atoms with Gasteiger partial charge in [0.15, 0.2) is 0 Å². The van der Waals surface area contributed by atoms with Gasteiger partial charge in [-0.25, -0.2) is 4.79 Å². The molecule has 0 radical (unpaired) electrons. The normalized spacial score (nSPS) is 19.0. The first kappa shape index (κ1) is 16.4. The molecule has 0 aromatic carbocycles. The van der Waals surface area contributed by atoms with Gasteiger partial charge in [-0.05, 0) is 33.8 Å². The number of nitrogens with zero attached hydrogens (tertiary/aromatic N) is 3. The summed E-state index contributed by atoms with van der Waals surface area (Å²) in [6, 6.07) is 5.77. The van der Waals surface area contributed by atoms with Gasteiger partial charge < -0.3 is 19.3 Å². The Bertz CT molecular complexity index is 528. The van der Waals surface area contributed by atoms with Crippen molar-refractivity contribution >= 4 is 11.9 Å². The molecule has 22 heavy (non-hydrogen) atoms. The number of hydrogen-bond acceptors (Lipinski definition) is 5.